The summed E-state index contributed by atoms with van der Waals surface area (Å²) in [6, 6.07) is 5.56. The third kappa shape index (κ3) is 5.05. The minimum absolute atomic E-state index is 0.00206. The smallest absolute Gasteiger partial charge is 0.387 e. The van der Waals surface area contributed by atoms with Crippen LogP contribution in [0.15, 0.2) is 36.7 Å². The second-order valence-electron chi connectivity index (χ2n) is 6.26. The number of anilines is 2. The number of aromatic nitrogens is 2. The molecule has 1 aliphatic heterocycles. The molecule has 3 rings (SSSR count). The predicted molar refractivity (Wildman–Crippen MR) is 102 cm³/mol. The van der Waals surface area contributed by atoms with Crippen LogP contribution in [0.2, 0.25) is 5.02 Å². The van der Waals surface area contributed by atoms with E-state index in [9.17, 15) is 13.6 Å². The zero-order valence-corrected chi connectivity index (χ0v) is 15.9. The number of amides is 1. The van der Waals surface area contributed by atoms with Crippen molar-refractivity contribution in [1.82, 2.24) is 14.9 Å². The molecule has 1 amide bonds. The first-order valence-corrected chi connectivity index (χ1v) is 9.13. The summed E-state index contributed by atoms with van der Waals surface area (Å²) >= 11 is 5.92. The van der Waals surface area contributed by atoms with E-state index in [-0.39, 0.29) is 22.7 Å². The van der Waals surface area contributed by atoms with Crippen molar-refractivity contribution in [2.75, 3.05) is 36.4 Å². The van der Waals surface area contributed by atoms with Gasteiger partial charge in [0, 0.05) is 44.3 Å². The first kappa shape index (κ1) is 20.2. The maximum atomic E-state index is 12.6. The molecule has 1 unspecified atom stereocenters. The van der Waals surface area contributed by atoms with Crippen LogP contribution in [-0.4, -0.2) is 59.6 Å². The van der Waals surface area contributed by atoms with Crippen LogP contribution in [0.3, 0.4) is 0 Å². The number of alkyl halides is 2. The molecule has 0 bridgehead atoms. The predicted octanol–water partition coefficient (Wildman–Crippen LogP) is 2.88. The van der Waals surface area contributed by atoms with Crippen LogP contribution in [0.1, 0.15) is 6.92 Å². The highest BCUT2D eigenvalue weighted by Crippen LogP contribution is 2.29. The summed E-state index contributed by atoms with van der Waals surface area (Å²) in [6.45, 7) is 1.67. The number of hydrogen-bond donors (Lipinski definition) is 1. The topological polar surface area (TPSA) is 70.6 Å². The van der Waals surface area contributed by atoms with Crippen molar-refractivity contribution >= 4 is 29.1 Å². The van der Waals surface area contributed by atoms with Gasteiger partial charge < -0.3 is 15.0 Å². The van der Waals surface area contributed by atoms with E-state index in [2.05, 4.69) is 29.8 Å². The van der Waals surface area contributed by atoms with Crippen LogP contribution < -0.4 is 15.0 Å². The van der Waals surface area contributed by atoms with Crippen LogP contribution in [-0.2, 0) is 4.79 Å². The molecule has 0 saturated carbocycles. The van der Waals surface area contributed by atoms with Crippen molar-refractivity contribution in [3.8, 4) is 5.75 Å². The fourth-order valence-corrected chi connectivity index (χ4v) is 3.17. The fraction of sp³-hybridized carbons (Fsp3) is 0.389. The average Bonchev–Trinajstić information content (AvgIpc) is 2.70. The molecule has 1 fully saturated rings. The highest BCUT2D eigenvalue weighted by Gasteiger charge is 2.26. The first-order valence-electron chi connectivity index (χ1n) is 8.75. The molecule has 7 nitrogen and oxygen atoms in total. The van der Waals surface area contributed by atoms with Crippen molar-refractivity contribution in [1.29, 1.82) is 0 Å². The molecule has 1 aromatic carbocycles. The Balaban J connectivity index is 1.54. The number of ether oxygens (including phenoxy) is 1. The average molecular weight is 412 g/mol. The zero-order chi connectivity index (χ0) is 20.1. The summed E-state index contributed by atoms with van der Waals surface area (Å²) in [6.07, 6.45) is 3.40. The van der Waals surface area contributed by atoms with Crippen LogP contribution in [0.5, 0.6) is 5.75 Å². The zero-order valence-electron chi connectivity index (χ0n) is 15.2. The van der Waals surface area contributed by atoms with E-state index in [0.717, 1.165) is 0 Å². The molecule has 0 aliphatic carbocycles. The van der Waals surface area contributed by atoms with Gasteiger partial charge in [-0.2, -0.15) is 8.78 Å². The lowest BCUT2D eigenvalue weighted by Crippen LogP contribution is -2.53. The molecule has 1 atom stereocenters. The van der Waals surface area contributed by atoms with E-state index in [4.69, 9.17) is 11.6 Å². The third-order valence-electron chi connectivity index (χ3n) is 4.49. The van der Waals surface area contributed by atoms with Gasteiger partial charge in [-0.15, -0.1) is 0 Å². The summed E-state index contributed by atoms with van der Waals surface area (Å²) < 4.78 is 28.9. The Labute approximate surface area is 166 Å². The molecule has 2 heterocycles. The molecule has 0 spiro atoms. The molecule has 1 saturated heterocycles. The highest BCUT2D eigenvalue weighted by atomic mass is 35.5. The van der Waals surface area contributed by atoms with Gasteiger partial charge in [-0.05, 0) is 31.2 Å². The van der Waals surface area contributed by atoms with Crippen LogP contribution in [0.25, 0.3) is 0 Å². The maximum Gasteiger partial charge on any atom is 0.387 e. The first-order chi connectivity index (χ1) is 13.4. The van der Waals surface area contributed by atoms with Crippen LogP contribution in [0.4, 0.5) is 20.4 Å². The Bertz CT molecular complexity index is 804. The summed E-state index contributed by atoms with van der Waals surface area (Å²) in [5.74, 6) is 0.338. The normalized spacial score (nSPS) is 16.1. The van der Waals surface area contributed by atoms with E-state index in [1.807, 2.05) is 6.92 Å². The number of rotatable bonds is 6. The Kier molecular flexibility index (Phi) is 6.58. The van der Waals surface area contributed by atoms with Crippen LogP contribution in [0, 0.1) is 0 Å². The molecular formula is C18H20ClF2N5O2. The minimum Gasteiger partial charge on any atom is -0.433 e. The number of nitrogens with zero attached hydrogens (tertiary/aromatic N) is 4. The Morgan fingerprint density at radius 3 is 2.50 bits per heavy atom. The van der Waals surface area contributed by atoms with Gasteiger partial charge in [0.25, 0.3) is 0 Å². The van der Waals surface area contributed by atoms with Crippen molar-refractivity contribution in [3.05, 3.63) is 41.7 Å². The van der Waals surface area contributed by atoms with E-state index in [1.165, 1.54) is 18.2 Å². The highest BCUT2D eigenvalue weighted by molar-refractivity contribution is 6.32. The standard InChI is InChI=1S/C18H20ClF2N5O2/c1-12(25-7-9-26(10-8-25)18-22-5-2-6-23-18)16(27)24-13-3-4-15(14(19)11-13)28-17(20)21/h2-6,11-12,17H,7-10H2,1H3,(H,24,27). The lowest BCUT2D eigenvalue weighted by molar-refractivity contribution is -0.120. The number of carbonyl (C=O) groups is 1. The number of piperazine rings is 1. The number of hydrogen-bond acceptors (Lipinski definition) is 6. The van der Waals surface area contributed by atoms with Crippen molar-refractivity contribution in [2.24, 2.45) is 0 Å². The molecule has 0 radical (unpaired) electrons. The molecule has 28 heavy (non-hydrogen) atoms. The van der Waals surface area contributed by atoms with Gasteiger partial charge in [0.15, 0.2) is 0 Å². The van der Waals surface area contributed by atoms with Gasteiger partial charge in [-0.3, -0.25) is 9.69 Å². The fourth-order valence-electron chi connectivity index (χ4n) is 2.95. The molecule has 1 aromatic heterocycles. The quantitative estimate of drug-likeness (QED) is 0.788. The number of carbonyl (C=O) groups excluding carboxylic acids is 1. The number of nitrogens with one attached hydrogen (secondary N) is 1. The monoisotopic (exact) mass is 411 g/mol. The molecular weight excluding hydrogens is 392 g/mol. The lowest BCUT2D eigenvalue weighted by Gasteiger charge is -2.37. The van der Waals surface area contributed by atoms with Gasteiger partial charge in [0.05, 0.1) is 11.1 Å². The Morgan fingerprint density at radius 2 is 1.89 bits per heavy atom. The summed E-state index contributed by atoms with van der Waals surface area (Å²) in [5.41, 5.74) is 0.416. The Morgan fingerprint density at radius 1 is 1.21 bits per heavy atom. The second kappa shape index (κ2) is 9.11. The molecule has 10 heteroatoms. The van der Waals surface area contributed by atoms with Crippen LogP contribution >= 0.6 is 11.6 Å². The van der Waals surface area contributed by atoms with E-state index < -0.39 is 6.61 Å². The van der Waals surface area contributed by atoms with Gasteiger partial charge in [-0.25, -0.2) is 9.97 Å². The van der Waals surface area contributed by atoms with Gasteiger partial charge in [-0.1, -0.05) is 11.6 Å². The summed E-state index contributed by atoms with van der Waals surface area (Å²) in [5, 5.41) is 2.76. The second-order valence-corrected chi connectivity index (χ2v) is 6.67. The van der Waals surface area contributed by atoms with E-state index in [1.54, 1.807) is 18.5 Å². The van der Waals surface area contributed by atoms with Gasteiger partial charge in [0.1, 0.15) is 5.75 Å². The summed E-state index contributed by atoms with van der Waals surface area (Å²) in [4.78, 5) is 25.2. The van der Waals surface area contributed by atoms with E-state index >= 15 is 0 Å². The van der Waals surface area contributed by atoms with E-state index in [0.29, 0.717) is 37.8 Å². The molecule has 1 aliphatic rings. The SMILES string of the molecule is CC(C(=O)Nc1ccc(OC(F)F)c(Cl)c1)N1CCN(c2ncccn2)CC1. The maximum absolute atomic E-state index is 12.6. The van der Waals surface area contributed by atoms with Gasteiger partial charge in [0.2, 0.25) is 11.9 Å². The molecule has 2 aromatic rings. The lowest BCUT2D eigenvalue weighted by atomic mass is 10.2. The van der Waals surface area contributed by atoms with Crippen molar-refractivity contribution in [2.45, 2.75) is 19.6 Å². The number of benzene rings is 1. The van der Waals surface area contributed by atoms with Crippen molar-refractivity contribution in [3.63, 3.8) is 0 Å². The third-order valence-corrected chi connectivity index (χ3v) is 4.79. The van der Waals surface area contributed by atoms with Crippen molar-refractivity contribution < 1.29 is 18.3 Å². The molecule has 1 N–H and O–H groups in total. The summed E-state index contributed by atoms with van der Waals surface area (Å²) in [7, 11) is 0. The minimum atomic E-state index is -2.96. The molecule has 150 valence electrons. The Hall–Kier alpha value is -2.52. The largest absolute Gasteiger partial charge is 0.433 e. The number of halogens is 3. The van der Waals surface area contributed by atoms with Gasteiger partial charge >= 0.3 is 6.61 Å².